The third-order valence-corrected chi connectivity index (χ3v) is 3.86. The second kappa shape index (κ2) is 8.60. The van der Waals surface area contributed by atoms with Crippen molar-refractivity contribution in [1.82, 2.24) is 5.32 Å². The first-order chi connectivity index (χ1) is 11.9. The fourth-order valence-electron chi connectivity index (χ4n) is 2.02. The van der Waals surface area contributed by atoms with Gasteiger partial charge < -0.3 is 16.0 Å². The van der Waals surface area contributed by atoms with E-state index in [0.717, 1.165) is 5.56 Å². The van der Waals surface area contributed by atoms with E-state index in [1.807, 2.05) is 13.0 Å². The molecule has 2 aromatic rings. The van der Waals surface area contributed by atoms with Gasteiger partial charge in [0.25, 0.3) is 5.91 Å². The highest BCUT2D eigenvalue weighted by molar-refractivity contribution is 7.80. The molecule has 0 fully saturated rings. The van der Waals surface area contributed by atoms with Gasteiger partial charge in [-0.1, -0.05) is 24.6 Å². The van der Waals surface area contributed by atoms with Crippen molar-refractivity contribution in [2.75, 3.05) is 10.6 Å². The van der Waals surface area contributed by atoms with Crippen molar-refractivity contribution in [3.8, 4) is 0 Å². The summed E-state index contributed by atoms with van der Waals surface area (Å²) in [4.78, 5) is 23.6. The molecule has 3 N–H and O–H groups in total. The van der Waals surface area contributed by atoms with Crippen molar-refractivity contribution >= 4 is 52.1 Å². The Morgan fingerprint density at radius 3 is 2.20 bits per heavy atom. The molecule has 0 atom stereocenters. The molecular weight excluding hydrogens is 358 g/mol. The van der Waals surface area contributed by atoms with E-state index in [1.54, 1.807) is 43.3 Å². The molecule has 0 aliphatic rings. The molecule has 0 radical (unpaired) electrons. The molecule has 0 heterocycles. The Labute approximate surface area is 156 Å². The number of nitrogens with one attached hydrogen (secondary N) is 3. The lowest BCUT2D eigenvalue weighted by Gasteiger charge is -2.10. The summed E-state index contributed by atoms with van der Waals surface area (Å²) in [6, 6.07) is 12.2. The number of halogens is 1. The smallest absolute Gasteiger partial charge is 0.257 e. The average molecular weight is 376 g/mol. The Hall–Kier alpha value is -2.44. The summed E-state index contributed by atoms with van der Waals surface area (Å²) in [5, 5.41) is 8.88. The van der Waals surface area contributed by atoms with Crippen LogP contribution in [0.4, 0.5) is 11.4 Å². The molecule has 25 heavy (non-hydrogen) atoms. The quantitative estimate of drug-likeness (QED) is 0.703. The Bertz CT molecular complexity index is 806. The highest BCUT2D eigenvalue weighted by Crippen LogP contribution is 2.20. The highest BCUT2D eigenvalue weighted by atomic mass is 35.5. The molecule has 0 bridgehead atoms. The summed E-state index contributed by atoms with van der Waals surface area (Å²) in [5.41, 5.74) is 2.73. The molecule has 7 heteroatoms. The summed E-state index contributed by atoms with van der Waals surface area (Å²) in [5.74, 6) is -0.437. The Morgan fingerprint density at radius 2 is 1.64 bits per heavy atom. The van der Waals surface area contributed by atoms with Gasteiger partial charge in [0, 0.05) is 17.8 Å². The monoisotopic (exact) mass is 375 g/mol. The maximum atomic E-state index is 12.3. The topological polar surface area (TPSA) is 70.2 Å². The fourth-order valence-corrected chi connectivity index (χ4v) is 2.57. The van der Waals surface area contributed by atoms with Crippen LogP contribution in [0, 0.1) is 6.92 Å². The first-order valence-corrected chi connectivity index (χ1v) is 8.46. The molecular formula is C18H18ClN3O2S. The first kappa shape index (κ1) is 18.9. The Morgan fingerprint density at radius 1 is 1.04 bits per heavy atom. The van der Waals surface area contributed by atoms with Gasteiger partial charge in [-0.3, -0.25) is 9.59 Å². The van der Waals surface area contributed by atoms with E-state index in [0.29, 0.717) is 28.4 Å². The van der Waals surface area contributed by atoms with Crippen LogP contribution in [0.2, 0.25) is 5.02 Å². The van der Waals surface area contributed by atoms with Gasteiger partial charge in [0.05, 0.1) is 10.6 Å². The van der Waals surface area contributed by atoms with E-state index < -0.39 is 0 Å². The molecule has 0 unspecified atom stereocenters. The fraction of sp³-hybridized carbons (Fsp3) is 0.167. The van der Waals surface area contributed by atoms with Crippen molar-refractivity contribution in [3.63, 3.8) is 0 Å². The van der Waals surface area contributed by atoms with Crippen LogP contribution >= 0.6 is 23.8 Å². The van der Waals surface area contributed by atoms with Gasteiger partial charge in [-0.2, -0.15) is 0 Å². The molecule has 2 rings (SSSR count). The minimum absolute atomic E-state index is 0.156. The predicted octanol–water partition coefficient (Wildman–Crippen LogP) is 4.12. The number of hydrogen-bond donors (Lipinski definition) is 3. The van der Waals surface area contributed by atoms with Crippen LogP contribution in [0.15, 0.2) is 42.5 Å². The van der Waals surface area contributed by atoms with E-state index in [-0.39, 0.29) is 16.9 Å². The van der Waals surface area contributed by atoms with Crippen LogP contribution in [0.5, 0.6) is 0 Å². The van der Waals surface area contributed by atoms with Crippen LogP contribution in [-0.2, 0) is 4.79 Å². The lowest BCUT2D eigenvalue weighted by atomic mass is 10.1. The number of thiocarbonyl (C=S) groups is 1. The Kier molecular flexibility index (Phi) is 6.50. The maximum Gasteiger partial charge on any atom is 0.257 e. The molecule has 0 spiro atoms. The van der Waals surface area contributed by atoms with Gasteiger partial charge in [-0.25, -0.2) is 0 Å². The van der Waals surface area contributed by atoms with Crippen molar-refractivity contribution in [1.29, 1.82) is 0 Å². The number of amides is 2. The lowest BCUT2D eigenvalue weighted by Crippen LogP contribution is -2.33. The van der Waals surface area contributed by atoms with Gasteiger partial charge in [0.1, 0.15) is 0 Å². The summed E-state index contributed by atoms with van der Waals surface area (Å²) in [7, 11) is 0. The second-order valence-electron chi connectivity index (χ2n) is 5.37. The van der Waals surface area contributed by atoms with Gasteiger partial charge >= 0.3 is 0 Å². The molecule has 0 aromatic heterocycles. The average Bonchev–Trinajstić information content (AvgIpc) is 2.56. The summed E-state index contributed by atoms with van der Waals surface area (Å²) < 4.78 is 0. The van der Waals surface area contributed by atoms with E-state index in [9.17, 15) is 9.59 Å². The zero-order valence-corrected chi connectivity index (χ0v) is 15.4. The zero-order chi connectivity index (χ0) is 18.4. The number of aryl methyl sites for hydroxylation is 1. The van der Waals surface area contributed by atoms with Gasteiger partial charge in [-0.05, 0) is 61.1 Å². The number of carbonyl (C=O) groups is 2. The van der Waals surface area contributed by atoms with Crippen LogP contribution in [-0.4, -0.2) is 16.9 Å². The van der Waals surface area contributed by atoms with E-state index >= 15 is 0 Å². The molecule has 2 aromatic carbocycles. The number of benzene rings is 2. The van der Waals surface area contributed by atoms with E-state index in [1.165, 1.54) is 0 Å². The predicted molar refractivity (Wildman–Crippen MR) is 105 cm³/mol. The molecule has 2 amide bonds. The molecule has 130 valence electrons. The van der Waals surface area contributed by atoms with Crippen LogP contribution in [0.25, 0.3) is 0 Å². The second-order valence-corrected chi connectivity index (χ2v) is 6.19. The van der Waals surface area contributed by atoms with Gasteiger partial charge in [-0.15, -0.1) is 0 Å². The van der Waals surface area contributed by atoms with E-state index in [2.05, 4.69) is 16.0 Å². The molecule has 0 aliphatic heterocycles. The SMILES string of the molecule is CCC(=O)NC(=S)Nc1ccc(NC(=O)c2ccc(C)cc2Cl)cc1. The molecule has 0 aliphatic carbocycles. The van der Waals surface area contributed by atoms with Crippen molar-refractivity contribution in [2.24, 2.45) is 0 Å². The van der Waals surface area contributed by atoms with Crippen LogP contribution in [0.1, 0.15) is 29.3 Å². The van der Waals surface area contributed by atoms with Crippen LogP contribution in [0.3, 0.4) is 0 Å². The van der Waals surface area contributed by atoms with E-state index in [4.69, 9.17) is 23.8 Å². The van der Waals surface area contributed by atoms with Gasteiger partial charge in [0.15, 0.2) is 5.11 Å². The number of anilines is 2. The number of carbonyl (C=O) groups excluding carboxylic acids is 2. The zero-order valence-electron chi connectivity index (χ0n) is 13.9. The summed E-state index contributed by atoms with van der Waals surface area (Å²) in [6.07, 6.45) is 0.356. The molecule has 0 saturated heterocycles. The number of rotatable bonds is 4. The summed E-state index contributed by atoms with van der Waals surface area (Å²) in [6.45, 7) is 3.66. The standard InChI is InChI=1S/C18H18ClN3O2S/c1-3-16(23)22-18(25)21-13-7-5-12(6-8-13)20-17(24)14-9-4-11(2)10-15(14)19/h4-10H,3H2,1-2H3,(H,20,24)(H2,21,22,23,25). The highest BCUT2D eigenvalue weighted by Gasteiger charge is 2.10. The minimum Gasteiger partial charge on any atom is -0.332 e. The molecule has 5 nitrogen and oxygen atoms in total. The maximum absolute atomic E-state index is 12.3. The number of hydrogen-bond acceptors (Lipinski definition) is 3. The first-order valence-electron chi connectivity index (χ1n) is 7.67. The van der Waals surface area contributed by atoms with Gasteiger partial charge in [0.2, 0.25) is 5.91 Å². The summed E-state index contributed by atoms with van der Waals surface area (Å²) >= 11 is 11.1. The normalized spacial score (nSPS) is 10.0. The van der Waals surface area contributed by atoms with Crippen molar-refractivity contribution in [2.45, 2.75) is 20.3 Å². The van der Waals surface area contributed by atoms with Crippen molar-refractivity contribution < 1.29 is 9.59 Å². The van der Waals surface area contributed by atoms with Crippen molar-refractivity contribution in [3.05, 3.63) is 58.6 Å². The lowest BCUT2D eigenvalue weighted by molar-refractivity contribution is -0.119. The molecule has 0 saturated carbocycles. The largest absolute Gasteiger partial charge is 0.332 e. The Balaban J connectivity index is 1.99. The minimum atomic E-state index is -0.281. The third-order valence-electron chi connectivity index (χ3n) is 3.34. The third kappa shape index (κ3) is 5.55. The van der Waals surface area contributed by atoms with Crippen LogP contribution < -0.4 is 16.0 Å².